The van der Waals surface area contributed by atoms with Crippen molar-refractivity contribution in [3.63, 3.8) is 0 Å². The molecule has 0 aromatic carbocycles. The van der Waals surface area contributed by atoms with Crippen molar-refractivity contribution in [2.75, 3.05) is 36.8 Å². The lowest BCUT2D eigenvalue weighted by Crippen LogP contribution is -2.49. The van der Waals surface area contributed by atoms with Crippen LogP contribution in [0.15, 0.2) is 41.1 Å². The van der Waals surface area contributed by atoms with Gasteiger partial charge in [-0.15, -0.1) is 21.5 Å². The zero-order valence-corrected chi connectivity index (χ0v) is 20.3. The molecule has 0 unspecified atom stereocenters. The van der Waals surface area contributed by atoms with Gasteiger partial charge in [-0.05, 0) is 30.4 Å². The number of nitrogens with zero attached hydrogens (tertiary/aromatic N) is 7. The molecule has 1 saturated heterocycles. The van der Waals surface area contributed by atoms with Crippen molar-refractivity contribution in [2.45, 2.75) is 49.7 Å². The summed E-state index contributed by atoms with van der Waals surface area (Å²) in [6.45, 7) is 2.89. The molecule has 0 spiro atoms. The highest BCUT2D eigenvalue weighted by Gasteiger charge is 2.26. The van der Waals surface area contributed by atoms with E-state index in [0.29, 0.717) is 24.9 Å². The van der Waals surface area contributed by atoms with Crippen LogP contribution < -0.4 is 4.90 Å². The summed E-state index contributed by atoms with van der Waals surface area (Å²) in [5.74, 6) is 2.31. The van der Waals surface area contributed by atoms with Crippen LogP contribution in [-0.4, -0.2) is 67.5 Å². The highest BCUT2D eigenvalue weighted by atomic mass is 32.2. The third-order valence-electron chi connectivity index (χ3n) is 6.38. The van der Waals surface area contributed by atoms with Crippen LogP contribution in [0.25, 0.3) is 0 Å². The average Bonchev–Trinajstić information content (AvgIpc) is 3.54. The third-order valence-corrected chi connectivity index (χ3v) is 8.18. The monoisotopic (exact) mass is 483 g/mol. The number of aromatic nitrogens is 5. The molecule has 1 aliphatic heterocycles. The summed E-state index contributed by atoms with van der Waals surface area (Å²) in [4.78, 5) is 27.0. The van der Waals surface area contributed by atoms with Crippen LogP contribution >= 0.6 is 23.1 Å². The van der Waals surface area contributed by atoms with E-state index in [2.05, 4.69) is 47.1 Å². The van der Waals surface area contributed by atoms with Gasteiger partial charge in [-0.3, -0.25) is 4.79 Å². The van der Waals surface area contributed by atoms with E-state index in [1.807, 2.05) is 11.0 Å². The number of hydrogen-bond acceptors (Lipinski definition) is 8. The Morgan fingerprint density at radius 3 is 2.55 bits per heavy atom. The molecule has 1 amide bonds. The van der Waals surface area contributed by atoms with Crippen LogP contribution in [0.2, 0.25) is 0 Å². The van der Waals surface area contributed by atoms with Gasteiger partial charge < -0.3 is 14.4 Å². The Morgan fingerprint density at radius 1 is 1.03 bits per heavy atom. The first-order valence-corrected chi connectivity index (χ1v) is 13.5. The Kier molecular flexibility index (Phi) is 7.21. The molecule has 1 saturated carbocycles. The van der Waals surface area contributed by atoms with E-state index in [9.17, 15) is 4.79 Å². The Labute approximate surface area is 202 Å². The fourth-order valence-electron chi connectivity index (χ4n) is 4.63. The van der Waals surface area contributed by atoms with Gasteiger partial charge in [0.1, 0.15) is 5.82 Å². The fourth-order valence-corrected chi connectivity index (χ4v) is 6.26. The van der Waals surface area contributed by atoms with Gasteiger partial charge in [-0.25, -0.2) is 9.97 Å². The van der Waals surface area contributed by atoms with Crippen molar-refractivity contribution in [3.05, 3.63) is 46.7 Å². The van der Waals surface area contributed by atoms with Gasteiger partial charge in [0, 0.05) is 55.9 Å². The number of thioether (sulfide) groups is 1. The van der Waals surface area contributed by atoms with Crippen molar-refractivity contribution in [1.29, 1.82) is 0 Å². The van der Waals surface area contributed by atoms with E-state index >= 15 is 0 Å². The molecule has 3 aromatic rings. The van der Waals surface area contributed by atoms with Crippen LogP contribution in [0.1, 0.15) is 48.8 Å². The Morgan fingerprint density at radius 2 is 1.82 bits per heavy atom. The predicted octanol–water partition coefficient (Wildman–Crippen LogP) is 3.67. The number of carbonyl (C=O) groups is 1. The SMILES string of the molecule is O=C(CSc1nnc(Cc2cccs2)n1C1CCCCC1)N1CCN(c2ncccn2)CC1. The third kappa shape index (κ3) is 5.38. The second-order valence-electron chi connectivity index (χ2n) is 8.52. The van der Waals surface area contributed by atoms with Gasteiger partial charge in [0.15, 0.2) is 5.16 Å². The molecule has 0 radical (unpaired) electrons. The van der Waals surface area contributed by atoms with Crippen molar-refractivity contribution in [2.24, 2.45) is 0 Å². The summed E-state index contributed by atoms with van der Waals surface area (Å²) in [5, 5.41) is 12.1. The highest BCUT2D eigenvalue weighted by Crippen LogP contribution is 2.33. The lowest BCUT2D eigenvalue weighted by atomic mass is 9.95. The van der Waals surface area contributed by atoms with Crippen molar-refractivity contribution in [1.82, 2.24) is 29.6 Å². The first kappa shape index (κ1) is 22.3. The second kappa shape index (κ2) is 10.6. The summed E-state index contributed by atoms with van der Waals surface area (Å²) < 4.78 is 2.33. The van der Waals surface area contributed by atoms with Crippen LogP contribution in [0.5, 0.6) is 0 Å². The summed E-state index contributed by atoms with van der Waals surface area (Å²) in [7, 11) is 0. The molecule has 0 N–H and O–H groups in total. The second-order valence-corrected chi connectivity index (χ2v) is 10.5. The lowest BCUT2D eigenvalue weighted by molar-refractivity contribution is -0.128. The van der Waals surface area contributed by atoms with Gasteiger partial charge in [-0.1, -0.05) is 37.1 Å². The molecule has 0 bridgehead atoms. The standard InChI is InChI=1S/C23H29N7OS2/c31-21(28-11-13-29(14-12-28)22-24-9-5-10-25-22)17-33-23-27-26-20(16-19-8-4-15-32-19)30(23)18-6-2-1-3-7-18/h4-5,8-10,15,18H,1-3,6-7,11-14,16-17H2. The first-order valence-electron chi connectivity index (χ1n) is 11.7. The van der Waals surface area contributed by atoms with E-state index in [4.69, 9.17) is 0 Å². The van der Waals surface area contributed by atoms with E-state index in [1.165, 1.54) is 48.7 Å². The number of piperazine rings is 1. The average molecular weight is 484 g/mol. The maximum Gasteiger partial charge on any atom is 0.233 e. The molecule has 10 heteroatoms. The Balaban J connectivity index is 1.22. The minimum absolute atomic E-state index is 0.159. The molecule has 174 valence electrons. The van der Waals surface area contributed by atoms with E-state index in [0.717, 1.165) is 36.4 Å². The molecule has 1 aliphatic carbocycles. The Hall–Kier alpha value is -2.46. The molecular weight excluding hydrogens is 454 g/mol. The summed E-state index contributed by atoms with van der Waals surface area (Å²) >= 11 is 3.29. The minimum atomic E-state index is 0.159. The summed E-state index contributed by atoms with van der Waals surface area (Å²) in [5.41, 5.74) is 0. The quantitative estimate of drug-likeness (QED) is 0.474. The van der Waals surface area contributed by atoms with Gasteiger partial charge in [-0.2, -0.15) is 0 Å². The largest absolute Gasteiger partial charge is 0.338 e. The van der Waals surface area contributed by atoms with E-state index < -0.39 is 0 Å². The zero-order valence-electron chi connectivity index (χ0n) is 18.7. The molecule has 2 fully saturated rings. The molecule has 8 nitrogen and oxygen atoms in total. The topological polar surface area (TPSA) is 80.0 Å². The number of thiophene rings is 1. The van der Waals surface area contributed by atoms with Gasteiger partial charge in [0.25, 0.3) is 0 Å². The fraction of sp³-hybridized carbons (Fsp3) is 0.522. The van der Waals surface area contributed by atoms with E-state index in [-0.39, 0.29) is 5.91 Å². The maximum absolute atomic E-state index is 13.0. The summed E-state index contributed by atoms with van der Waals surface area (Å²) in [6.07, 6.45) is 10.5. The number of hydrogen-bond donors (Lipinski definition) is 0. The molecule has 0 atom stereocenters. The van der Waals surface area contributed by atoms with E-state index in [1.54, 1.807) is 23.7 Å². The van der Waals surface area contributed by atoms with Gasteiger partial charge >= 0.3 is 0 Å². The lowest BCUT2D eigenvalue weighted by Gasteiger charge is -2.34. The number of anilines is 1. The molecule has 2 aliphatic rings. The normalized spacial score (nSPS) is 17.5. The molecule has 4 heterocycles. The van der Waals surface area contributed by atoms with Crippen molar-refractivity contribution >= 4 is 35.0 Å². The first-order chi connectivity index (χ1) is 16.3. The van der Waals surface area contributed by atoms with Crippen LogP contribution in [0.4, 0.5) is 5.95 Å². The van der Waals surface area contributed by atoms with Gasteiger partial charge in [0.05, 0.1) is 5.75 Å². The van der Waals surface area contributed by atoms with Crippen molar-refractivity contribution in [3.8, 4) is 0 Å². The number of amides is 1. The molecule has 33 heavy (non-hydrogen) atoms. The van der Waals surface area contributed by atoms with Crippen LogP contribution in [0, 0.1) is 0 Å². The van der Waals surface area contributed by atoms with Crippen LogP contribution in [0.3, 0.4) is 0 Å². The highest BCUT2D eigenvalue weighted by molar-refractivity contribution is 7.99. The van der Waals surface area contributed by atoms with Crippen molar-refractivity contribution < 1.29 is 4.79 Å². The number of carbonyl (C=O) groups excluding carboxylic acids is 1. The predicted molar refractivity (Wildman–Crippen MR) is 131 cm³/mol. The maximum atomic E-state index is 13.0. The summed E-state index contributed by atoms with van der Waals surface area (Å²) in [6, 6.07) is 6.49. The molecular formula is C23H29N7OS2. The zero-order chi connectivity index (χ0) is 22.5. The Bertz CT molecular complexity index is 1030. The van der Waals surface area contributed by atoms with Crippen LogP contribution in [-0.2, 0) is 11.2 Å². The smallest absolute Gasteiger partial charge is 0.233 e. The molecule has 5 rings (SSSR count). The molecule has 3 aromatic heterocycles. The minimum Gasteiger partial charge on any atom is -0.338 e. The van der Waals surface area contributed by atoms with Gasteiger partial charge in [0.2, 0.25) is 11.9 Å². The number of rotatable bonds is 7.